The first kappa shape index (κ1) is 23.1. The quantitative estimate of drug-likeness (QED) is 0.118. The fourth-order valence-corrected chi connectivity index (χ4v) is 1.99. The minimum atomic E-state index is -0.682. The second-order valence-electron chi connectivity index (χ2n) is 5.68. The van der Waals surface area contributed by atoms with Crippen LogP contribution in [0.2, 0.25) is 0 Å². The van der Waals surface area contributed by atoms with E-state index in [-0.39, 0.29) is 37.2 Å². The summed E-state index contributed by atoms with van der Waals surface area (Å²) in [5.41, 5.74) is 10.2. The van der Waals surface area contributed by atoms with E-state index in [4.69, 9.17) is 16.9 Å². The molecule has 150 valence electrons. The molecule has 0 unspecified atom stereocenters. The number of primary amides is 1. The van der Waals surface area contributed by atoms with E-state index in [1.54, 1.807) is 6.92 Å². The molecule has 0 fully saturated rings. The van der Waals surface area contributed by atoms with Gasteiger partial charge in [-0.2, -0.15) is 0 Å². The molecule has 0 spiro atoms. The van der Waals surface area contributed by atoms with Crippen molar-refractivity contribution in [2.45, 2.75) is 38.8 Å². The van der Waals surface area contributed by atoms with Crippen LogP contribution in [0.1, 0.15) is 26.7 Å². The van der Waals surface area contributed by atoms with Gasteiger partial charge in [0.1, 0.15) is 0 Å². The van der Waals surface area contributed by atoms with E-state index in [2.05, 4.69) is 31.9 Å². The Morgan fingerprint density at radius 2 is 1.62 bits per heavy atom. The first-order chi connectivity index (χ1) is 12.2. The van der Waals surface area contributed by atoms with Crippen molar-refractivity contribution < 1.29 is 14.4 Å². The Hall–Kier alpha value is -2.92. The van der Waals surface area contributed by atoms with E-state index >= 15 is 0 Å². The summed E-state index contributed by atoms with van der Waals surface area (Å²) < 4.78 is 0. The molecule has 11 N–H and O–H groups in total. The van der Waals surface area contributed by atoms with Crippen LogP contribution in [0.15, 0.2) is 0 Å². The van der Waals surface area contributed by atoms with Gasteiger partial charge in [-0.1, -0.05) is 0 Å². The van der Waals surface area contributed by atoms with Crippen LogP contribution in [0.5, 0.6) is 0 Å². The lowest BCUT2D eigenvalue weighted by atomic mass is 10.1. The molecule has 0 radical (unpaired) electrons. The van der Waals surface area contributed by atoms with Crippen LogP contribution in [0.3, 0.4) is 0 Å². The Morgan fingerprint density at radius 3 is 2.19 bits per heavy atom. The second kappa shape index (κ2) is 13.4. The second-order valence-corrected chi connectivity index (χ2v) is 5.68. The summed E-state index contributed by atoms with van der Waals surface area (Å²) >= 11 is 0. The number of nitrogens with two attached hydrogens (primary N) is 2. The number of rotatable bonds is 11. The molecule has 12 nitrogen and oxygen atoms in total. The molecule has 26 heavy (non-hydrogen) atoms. The van der Waals surface area contributed by atoms with Crippen LogP contribution >= 0.6 is 0 Å². The van der Waals surface area contributed by atoms with E-state index in [9.17, 15) is 14.4 Å². The van der Waals surface area contributed by atoms with Gasteiger partial charge in [-0.15, -0.1) is 0 Å². The summed E-state index contributed by atoms with van der Waals surface area (Å²) in [6.45, 7) is 4.97. The molecule has 0 rings (SSSR count). The normalized spacial score (nSPS) is 12.2. The lowest BCUT2D eigenvalue weighted by Gasteiger charge is -2.21. The first-order valence-corrected chi connectivity index (χ1v) is 8.44. The highest BCUT2D eigenvalue weighted by Crippen LogP contribution is 1.96. The maximum Gasteiger partial charge on any atom is 0.315 e. The number of amides is 6. The van der Waals surface area contributed by atoms with Gasteiger partial charge in [0.05, 0.1) is 0 Å². The summed E-state index contributed by atoms with van der Waals surface area (Å²) in [7, 11) is 0. The summed E-state index contributed by atoms with van der Waals surface area (Å²) in [6, 6.07) is -2.01. The predicted molar refractivity (Wildman–Crippen MR) is 98.7 cm³/mol. The molecule has 0 aliphatic rings. The van der Waals surface area contributed by atoms with Crippen molar-refractivity contribution >= 4 is 24.1 Å². The van der Waals surface area contributed by atoms with Crippen molar-refractivity contribution in [2.24, 2.45) is 11.5 Å². The van der Waals surface area contributed by atoms with E-state index in [1.165, 1.54) is 0 Å². The number of carbonyl (C=O) groups excluding carboxylic acids is 3. The molecule has 0 aliphatic carbocycles. The zero-order valence-corrected chi connectivity index (χ0v) is 15.3. The van der Waals surface area contributed by atoms with Crippen LogP contribution in [0, 0.1) is 5.41 Å². The lowest BCUT2D eigenvalue weighted by Crippen LogP contribution is -2.51. The summed E-state index contributed by atoms with van der Waals surface area (Å²) in [5.74, 6) is -0.129. The van der Waals surface area contributed by atoms with Crippen LogP contribution in [-0.2, 0) is 0 Å². The molecule has 12 heteroatoms. The number of nitrogens with one attached hydrogen (secondary N) is 7. The summed E-state index contributed by atoms with van der Waals surface area (Å²) in [4.78, 5) is 34.2. The largest absolute Gasteiger partial charge is 0.370 e. The van der Waals surface area contributed by atoms with Crippen molar-refractivity contribution in [3.8, 4) is 0 Å². The highest BCUT2D eigenvalue weighted by atomic mass is 16.2. The SMILES string of the molecule is CCNC(=O)N[C@@H](C)CNC(=O)N[C@@H](CCCNC(=N)N)CNC(N)=O. The number of carbonyl (C=O) groups is 3. The number of hydrogen-bond acceptors (Lipinski definition) is 4. The van der Waals surface area contributed by atoms with Crippen molar-refractivity contribution in [1.29, 1.82) is 5.41 Å². The van der Waals surface area contributed by atoms with Gasteiger partial charge in [0.15, 0.2) is 5.96 Å². The lowest BCUT2D eigenvalue weighted by molar-refractivity contribution is 0.229. The molecule has 0 aromatic carbocycles. The van der Waals surface area contributed by atoms with Gasteiger partial charge in [0, 0.05) is 38.3 Å². The Morgan fingerprint density at radius 1 is 0.962 bits per heavy atom. The fourth-order valence-electron chi connectivity index (χ4n) is 1.99. The van der Waals surface area contributed by atoms with Gasteiger partial charge < -0.3 is 43.4 Å². The maximum absolute atomic E-state index is 12.0. The molecule has 0 saturated heterocycles. The smallest absolute Gasteiger partial charge is 0.315 e. The van der Waals surface area contributed by atoms with Gasteiger partial charge in [-0.3, -0.25) is 5.41 Å². The Bertz CT molecular complexity index is 473. The van der Waals surface area contributed by atoms with Crippen LogP contribution in [0.4, 0.5) is 14.4 Å². The Kier molecular flexibility index (Phi) is 11.9. The van der Waals surface area contributed by atoms with Gasteiger partial charge in [0.2, 0.25) is 0 Å². The van der Waals surface area contributed by atoms with E-state index in [0.29, 0.717) is 25.9 Å². The van der Waals surface area contributed by atoms with Crippen molar-refractivity contribution in [3.05, 3.63) is 0 Å². The van der Waals surface area contributed by atoms with Gasteiger partial charge >= 0.3 is 18.1 Å². The molecule has 0 aliphatic heterocycles. The fraction of sp³-hybridized carbons (Fsp3) is 0.714. The summed E-state index contributed by atoms with van der Waals surface area (Å²) in [5, 5.41) is 22.8. The van der Waals surface area contributed by atoms with E-state index in [0.717, 1.165) is 0 Å². The molecule has 0 heterocycles. The molecule has 2 atom stereocenters. The molecule has 0 bridgehead atoms. The van der Waals surface area contributed by atoms with Crippen molar-refractivity contribution in [1.82, 2.24) is 31.9 Å². The monoisotopic (exact) mass is 373 g/mol. The predicted octanol–water partition coefficient (Wildman–Crippen LogP) is -1.71. The molecule has 0 aromatic heterocycles. The summed E-state index contributed by atoms with van der Waals surface area (Å²) in [6.07, 6.45) is 1.17. The van der Waals surface area contributed by atoms with Crippen LogP contribution in [0.25, 0.3) is 0 Å². The number of guanidine groups is 1. The third kappa shape index (κ3) is 13.5. The minimum Gasteiger partial charge on any atom is -0.370 e. The van der Waals surface area contributed by atoms with E-state index in [1.807, 2.05) is 6.92 Å². The third-order valence-corrected chi connectivity index (χ3v) is 3.19. The number of urea groups is 3. The molecular weight excluding hydrogens is 342 g/mol. The van der Waals surface area contributed by atoms with Crippen molar-refractivity contribution in [2.75, 3.05) is 26.2 Å². The first-order valence-electron chi connectivity index (χ1n) is 8.44. The topological polar surface area (TPSA) is 199 Å². The standard InChI is InChI=1S/C14H31N9O3/c1-3-18-13(25)22-9(2)7-21-14(26)23-10(8-20-12(17)24)5-4-6-19-11(15)16/h9-10H,3-8H2,1-2H3,(H4,15,16,19)(H3,17,20,24)(H2,18,22,25)(H2,21,23,26)/t9-,10-/m0/s1. The maximum atomic E-state index is 12.0. The minimum absolute atomic E-state index is 0.129. The Labute approximate surface area is 153 Å². The molecule has 0 aromatic rings. The molecule has 6 amide bonds. The number of hydrogen-bond donors (Lipinski definition) is 9. The van der Waals surface area contributed by atoms with Gasteiger partial charge in [0.25, 0.3) is 0 Å². The van der Waals surface area contributed by atoms with Gasteiger partial charge in [-0.25, -0.2) is 14.4 Å². The third-order valence-electron chi connectivity index (χ3n) is 3.19. The average molecular weight is 373 g/mol. The Balaban J connectivity index is 4.26. The molecular formula is C14H31N9O3. The zero-order valence-electron chi connectivity index (χ0n) is 15.3. The zero-order chi connectivity index (χ0) is 19.9. The van der Waals surface area contributed by atoms with E-state index < -0.39 is 12.1 Å². The van der Waals surface area contributed by atoms with Crippen LogP contribution in [-0.4, -0.2) is 62.3 Å². The van der Waals surface area contributed by atoms with Crippen molar-refractivity contribution in [3.63, 3.8) is 0 Å². The molecule has 0 saturated carbocycles. The van der Waals surface area contributed by atoms with Gasteiger partial charge in [-0.05, 0) is 26.7 Å². The highest BCUT2D eigenvalue weighted by molar-refractivity contribution is 5.76. The van der Waals surface area contributed by atoms with Crippen LogP contribution < -0.4 is 43.4 Å². The average Bonchev–Trinajstić information content (AvgIpc) is 2.54. The highest BCUT2D eigenvalue weighted by Gasteiger charge is 2.14.